The van der Waals surface area contributed by atoms with Crippen LogP contribution in [0.3, 0.4) is 0 Å². The van der Waals surface area contributed by atoms with Crippen molar-refractivity contribution in [3.8, 4) is 5.75 Å². The molecule has 0 bridgehead atoms. The average Bonchev–Trinajstić information content (AvgIpc) is 2.28. The van der Waals surface area contributed by atoms with Gasteiger partial charge in [0.05, 0.1) is 13.2 Å². The van der Waals surface area contributed by atoms with Crippen molar-refractivity contribution in [2.24, 2.45) is 0 Å². The van der Waals surface area contributed by atoms with Gasteiger partial charge in [0, 0.05) is 16.1 Å². The van der Waals surface area contributed by atoms with E-state index in [1.54, 1.807) is 7.11 Å². The topological polar surface area (TPSA) is 41.5 Å². The van der Waals surface area contributed by atoms with Crippen LogP contribution in [0.5, 0.6) is 5.75 Å². The van der Waals surface area contributed by atoms with Gasteiger partial charge in [-0.3, -0.25) is 0 Å². The molecule has 1 aromatic carbocycles. The fourth-order valence-corrected chi connectivity index (χ4v) is 2.02. The van der Waals surface area contributed by atoms with Gasteiger partial charge in [-0.1, -0.05) is 22.9 Å². The Kier molecular flexibility index (Phi) is 5.25. The molecule has 1 rings (SSSR count). The summed E-state index contributed by atoms with van der Waals surface area (Å²) in [7, 11) is 1.61. The van der Waals surface area contributed by atoms with Crippen LogP contribution in [0.25, 0.3) is 0 Å². The fraction of sp³-hybridized carbons (Fsp3) is 0.500. The highest BCUT2D eigenvalue weighted by Gasteiger charge is 2.19. The van der Waals surface area contributed by atoms with Crippen molar-refractivity contribution in [3.63, 3.8) is 0 Å². The minimum absolute atomic E-state index is 0.00630. The van der Waals surface area contributed by atoms with Crippen LogP contribution in [-0.4, -0.2) is 24.8 Å². The molecule has 2 N–H and O–H groups in total. The number of hydrogen-bond donors (Lipinski definition) is 2. The number of methoxy groups -OCH3 is 1. The van der Waals surface area contributed by atoms with Crippen molar-refractivity contribution in [1.29, 1.82) is 0 Å². The summed E-state index contributed by atoms with van der Waals surface area (Å²) >= 11 is 3.39. The van der Waals surface area contributed by atoms with E-state index in [1.165, 1.54) is 0 Å². The summed E-state index contributed by atoms with van der Waals surface area (Å²) in [6.45, 7) is 4.80. The summed E-state index contributed by atoms with van der Waals surface area (Å²) in [5, 5.41) is 13.4. The Bertz CT molecular complexity index is 344. The molecule has 0 amide bonds. The summed E-state index contributed by atoms with van der Waals surface area (Å²) < 4.78 is 6.18. The van der Waals surface area contributed by atoms with Gasteiger partial charge >= 0.3 is 0 Å². The Morgan fingerprint density at radius 3 is 2.75 bits per heavy atom. The first-order valence-electron chi connectivity index (χ1n) is 5.35. The number of nitrogens with one attached hydrogen (secondary N) is 1. The first kappa shape index (κ1) is 13.5. The van der Waals surface area contributed by atoms with Gasteiger partial charge in [0.15, 0.2) is 0 Å². The lowest BCUT2D eigenvalue weighted by molar-refractivity contribution is 0.133. The van der Waals surface area contributed by atoms with Gasteiger partial charge in [-0.15, -0.1) is 0 Å². The van der Waals surface area contributed by atoms with Gasteiger partial charge in [0.25, 0.3) is 0 Å². The molecule has 1 aromatic rings. The van der Waals surface area contributed by atoms with E-state index in [0.29, 0.717) is 5.75 Å². The number of halogens is 1. The van der Waals surface area contributed by atoms with Crippen molar-refractivity contribution < 1.29 is 9.84 Å². The van der Waals surface area contributed by atoms with E-state index in [4.69, 9.17) is 4.74 Å². The van der Waals surface area contributed by atoms with Crippen LogP contribution < -0.4 is 10.1 Å². The summed E-state index contributed by atoms with van der Waals surface area (Å²) in [4.78, 5) is 0. The molecule has 90 valence electrons. The maximum atomic E-state index is 10.2. The quantitative estimate of drug-likeness (QED) is 0.874. The minimum Gasteiger partial charge on any atom is -0.496 e. The number of hydrogen-bond acceptors (Lipinski definition) is 3. The van der Waals surface area contributed by atoms with Crippen molar-refractivity contribution >= 4 is 15.9 Å². The van der Waals surface area contributed by atoms with Crippen LogP contribution in [0.15, 0.2) is 22.7 Å². The van der Waals surface area contributed by atoms with Gasteiger partial charge < -0.3 is 15.2 Å². The SMILES string of the molecule is CCNC(C)C(O)c1cc(Br)ccc1OC. The molecule has 2 atom stereocenters. The Morgan fingerprint density at radius 2 is 2.19 bits per heavy atom. The number of aliphatic hydroxyl groups excluding tert-OH is 1. The molecule has 2 unspecified atom stereocenters. The van der Waals surface area contributed by atoms with Gasteiger partial charge in [-0.2, -0.15) is 0 Å². The second kappa shape index (κ2) is 6.23. The zero-order valence-electron chi connectivity index (χ0n) is 9.83. The Hall–Kier alpha value is -0.580. The van der Waals surface area contributed by atoms with Crippen LogP contribution in [0.1, 0.15) is 25.5 Å². The highest BCUT2D eigenvalue weighted by molar-refractivity contribution is 9.10. The molecule has 0 saturated carbocycles. The lowest BCUT2D eigenvalue weighted by Gasteiger charge is -2.22. The number of rotatable bonds is 5. The predicted octanol–water partition coefficient (Wildman–Crippen LogP) is 2.49. The third-order valence-corrected chi connectivity index (χ3v) is 3.00. The van der Waals surface area contributed by atoms with Crippen LogP contribution in [0, 0.1) is 0 Å². The van der Waals surface area contributed by atoms with Crippen LogP contribution in [-0.2, 0) is 0 Å². The molecule has 0 heterocycles. The Balaban J connectivity index is 2.96. The van der Waals surface area contributed by atoms with E-state index in [2.05, 4.69) is 21.2 Å². The van der Waals surface area contributed by atoms with Crippen LogP contribution >= 0.6 is 15.9 Å². The molecule has 0 aromatic heterocycles. The van der Waals surface area contributed by atoms with E-state index >= 15 is 0 Å². The van der Waals surface area contributed by atoms with Gasteiger partial charge in [0.1, 0.15) is 5.75 Å². The van der Waals surface area contributed by atoms with Crippen LogP contribution in [0.2, 0.25) is 0 Å². The predicted molar refractivity (Wildman–Crippen MR) is 68.8 cm³/mol. The first-order valence-corrected chi connectivity index (χ1v) is 6.14. The van der Waals surface area contributed by atoms with Crippen molar-refractivity contribution in [3.05, 3.63) is 28.2 Å². The van der Waals surface area contributed by atoms with Crippen molar-refractivity contribution in [1.82, 2.24) is 5.32 Å². The fourth-order valence-electron chi connectivity index (χ4n) is 1.64. The van der Waals surface area contributed by atoms with Gasteiger partial charge in [0.2, 0.25) is 0 Å². The first-order chi connectivity index (χ1) is 7.60. The zero-order chi connectivity index (χ0) is 12.1. The molecular formula is C12H18BrNO2. The third kappa shape index (κ3) is 3.20. The highest BCUT2D eigenvalue weighted by atomic mass is 79.9. The monoisotopic (exact) mass is 287 g/mol. The normalized spacial score (nSPS) is 14.6. The molecule has 16 heavy (non-hydrogen) atoms. The van der Waals surface area contributed by atoms with Crippen molar-refractivity contribution in [2.45, 2.75) is 26.0 Å². The molecule has 0 aliphatic rings. The largest absolute Gasteiger partial charge is 0.496 e. The lowest BCUT2D eigenvalue weighted by atomic mass is 10.0. The molecule has 0 aliphatic heterocycles. The molecule has 3 nitrogen and oxygen atoms in total. The zero-order valence-corrected chi connectivity index (χ0v) is 11.4. The second-order valence-corrected chi connectivity index (χ2v) is 4.59. The molecule has 4 heteroatoms. The summed E-state index contributed by atoms with van der Waals surface area (Å²) in [6.07, 6.45) is -0.576. The van der Waals surface area contributed by atoms with E-state index in [1.807, 2.05) is 32.0 Å². The molecule has 0 radical (unpaired) electrons. The minimum atomic E-state index is -0.576. The van der Waals surface area contributed by atoms with E-state index < -0.39 is 6.10 Å². The second-order valence-electron chi connectivity index (χ2n) is 3.68. The Labute approximate surface area is 105 Å². The summed E-state index contributed by atoms with van der Waals surface area (Å²) in [6, 6.07) is 5.62. The molecule has 0 aliphatic carbocycles. The molecular weight excluding hydrogens is 270 g/mol. The van der Waals surface area contributed by atoms with Gasteiger partial charge in [-0.05, 0) is 31.7 Å². The summed E-state index contributed by atoms with van der Waals surface area (Å²) in [5.74, 6) is 0.709. The van der Waals surface area contributed by atoms with Crippen molar-refractivity contribution in [2.75, 3.05) is 13.7 Å². The van der Waals surface area contributed by atoms with E-state index in [-0.39, 0.29) is 6.04 Å². The third-order valence-electron chi connectivity index (χ3n) is 2.51. The number of benzene rings is 1. The maximum Gasteiger partial charge on any atom is 0.124 e. The molecule has 0 spiro atoms. The number of likely N-dealkylation sites (N-methyl/N-ethyl adjacent to an activating group) is 1. The lowest BCUT2D eigenvalue weighted by Crippen LogP contribution is -2.32. The molecule has 0 saturated heterocycles. The van der Waals surface area contributed by atoms with Gasteiger partial charge in [-0.25, -0.2) is 0 Å². The average molecular weight is 288 g/mol. The van der Waals surface area contributed by atoms with E-state index in [0.717, 1.165) is 16.6 Å². The number of ether oxygens (including phenoxy) is 1. The Morgan fingerprint density at radius 1 is 1.50 bits per heavy atom. The highest BCUT2D eigenvalue weighted by Crippen LogP contribution is 2.30. The summed E-state index contributed by atoms with van der Waals surface area (Å²) in [5.41, 5.74) is 0.797. The van der Waals surface area contributed by atoms with Crippen LogP contribution in [0.4, 0.5) is 0 Å². The van der Waals surface area contributed by atoms with E-state index in [9.17, 15) is 5.11 Å². The molecule has 0 fully saturated rings. The smallest absolute Gasteiger partial charge is 0.124 e. The number of aliphatic hydroxyl groups is 1. The maximum absolute atomic E-state index is 10.2. The standard InChI is InChI=1S/C12H18BrNO2/c1-4-14-8(2)12(15)10-7-9(13)5-6-11(10)16-3/h5-8,12,14-15H,4H2,1-3H3.